The number of nitrogens with zero attached hydrogens (tertiary/aromatic N) is 1. The summed E-state index contributed by atoms with van der Waals surface area (Å²) in [5.74, 6) is 8.40. The molecule has 1 fully saturated rings. The van der Waals surface area contributed by atoms with E-state index in [1.165, 1.54) is 6.07 Å². The molecule has 2 heterocycles. The highest BCUT2D eigenvalue weighted by Crippen LogP contribution is 2.32. The SMILES string of the molecule is NCC#CC#CCNc1cccc2c1C(=O)N(C1CCC(=O)NC1=O)C2=O. The molecule has 0 saturated carbocycles. The van der Waals surface area contributed by atoms with Crippen molar-refractivity contribution in [3.05, 3.63) is 29.3 Å². The normalized spacial score (nSPS) is 18.1. The molecule has 27 heavy (non-hydrogen) atoms. The third kappa shape index (κ3) is 3.52. The number of hydrogen-bond acceptors (Lipinski definition) is 6. The van der Waals surface area contributed by atoms with Gasteiger partial charge in [-0.2, -0.15) is 0 Å². The Balaban J connectivity index is 1.82. The lowest BCUT2D eigenvalue weighted by Gasteiger charge is -2.27. The second-order valence-corrected chi connectivity index (χ2v) is 5.84. The molecule has 0 radical (unpaired) electrons. The Morgan fingerprint density at radius 1 is 1.15 bits per heavy atom. The molecule has 2 aliphatic heterocycles. The summed E-state index contributed by atoms with van der Waals surface area (Å²) in [7, 11) is 0. The van der Waals surface area contributed by atoms with E-state index in [4.69, 9.17) is 5.73 Å². The van der Waals surface area contributed by atoms with Crippen LogP contribution in [0.1, 0.15) is 33.6 Å². The number of benzene rings is 1. The molecule has 1 aromatic carbocycles. The molecule has 3 rings (SSSR count). The molecule has 0 aliphatic carbocycles. The fourth-order valence-corrected chi connectivity index (χ4v) is 2.99. The quantitative estimate of drug-likeness (QED) is 0.489. The minimum atomic E-state index is -0.991. The maximum atomic E-state index is 12.9. The van der Waals surface area contributed by atoms with Crippen LogP contribution in [0, 0.1) is 23.7 Å². The minimum absolute atomic E-state index is 0.0777. The van der Waals surface area contributed by atoms with Gasteiger partial charge in [-0.15, -0.1) is 0 Å². The number of carbonyl (C=O) groups excluding carboxylic acids is 4. The van der Waals surface area contributed by atoms with Gasteiger partial charge in [-0.3, -0.25) is 29.4 Å². The van der Waals surface area contributed by atoms with Crippen LogP contribution in [0.25, 0.3) is 0 Å². The van der Waals surface area contributed by atoms with E-state index in [-0.39, 0.29) is 37.1 Å². The van der Waals surface area contributed by atoms with Crippen molar-refractivity contribution < 1.29 is 19.2 Å². The largest absolute Gasteiger partial charge is 0.373 e. The molecule has 1 saturated heterocycles. The molecular formula is C19H16N4O4. The molecule has 0 bridgehead atoms. The smallest absolute Gasteiger partial charge is 0.264 e. The van der Waals surface area contributed by atoms with Crippen molar-refractivity contribution >= 4 is 29.3 Å². The second-order valence-electron chi connectivity index (χ2n) is 5.84. The Morgan fingerprint density at radius 2 is 1.93 bits per heavy atom. The van der Waals surface area contributed by atoms with Crippen LogP contribution in [-0.2, 0) is 9.59 Å². The van der Waals surface area contributed by atoms with Crippen LogP contribution in [0.15, 0.2) is 18.2 Å². The number of nitrogens with two attached hydrogens (primary N) is 1. The van der Waals surface area contributed by atoms with Gasteiger partial charge in [-0.05, 0) is 30.4 Å². The van der Waals surface area contributed by atoms with Gasteiger partial charge in [0.2, 0.25) is 11.8 Å². The van der Waals surface area contributed by atoms with Gasteiger partial charge in [0, 0.05) is 12.1 Å². The van der Waals surface area contributed by atoms with E-state index >= 15 is 0 Å². The number of anilines is 1. The van der Waals surface area contributed by atoms with E-state index < -0.39 is 29.7 Å². The summed E-state index contributed by atoms with van der Waals surface area (Å²) in [6.45, 7) is 0.441. The van der Waals surface area contributed by atoms with Crippen LogP contribution in [0.4, 0.5) is 5.69 Å². The zero-order valence-corrected chi connectivity index (χ0v) is 14.3. The number of piperidine rings is 1. The summed E-state index contributed by atoms with van der Waals surface area (Å²) in [5, 5.41) is 5.16. The van der Waals surface area contributed by atoms with Crippen molar-refractivity contribution in [1.29, 1.82) is 0 Å². The van der Waals surface area contributed by atoms with Crippen LogP contribution in [0.5, 0.6) is 0 Å². The summed E-state index contributed by atoms with van der Waals surface area (Å²) >= 11 is 0. The lowest BCUT2D eigenvalue weighted by atomic mass is 10.0. The fourth-order valence-electron chi connectivity index (χ4n) is 2.99. The number of nitrogens with one attached hydrogen (secondary N) is 2. The highest BCUT2D eigenvalue weighted by Gasteiger charge is 2.45. The number of hydrogen-bond donors (Lipinski definition) is 3. The number of amides is 4. The Morgan fingerprint density at radius 3 is 2.67 bits per heavy atom. The van der Waals surface area contributed by atoms with E-state index in [1.54, 1.807) is 12.1 Å². The molecule has 4 N–H and O–H groups in total. The summed E-state index contributed by atoms with van der Waals surface area (Å²) in [4.78, 5) is 49.9. The Hall–Kier alpha value is -3.62. The lowest BCUT2D eigenvalue weighted by Crippen LogP contribution is -2.54. The number of imide groups is 2. The van der Waals surface area contributed by atoms with Gasteiger partial charge in [-0.1, -0.05) is 17.9 Å². The molecule has 1 atom stereocenters. The molecule has 8 nitrogen and oxygen atoms in total. The van der Waals surface area contributed by atoms with E-state index in [0.717, 1.165) is 4.90 Å². The highest BCUT2D eigenvalue weighted by molar-refractivity contribution is 6.25. The third-order valence-electron chi connectivity index (χ3n) is 4.18. The van der Waals surface area contributed by atoms with E-state index in [2.05, 4.69) is 34.3 Å². The zero-order valence-electron chi connectivity index (χ0n) is 14.3. The Labute approximate surface area is 155 Å². The van der Waals surface area contributed by atoms with Crippen LogP contribution >= 0.6 is 0 Å². The standard InChI is InChI=1S/C19H16N4O4/c20-10-3-1-2-4-11-21-13-7-5-6-12-16(13)19(27)23(18(12)26)14-8-9-15(24)22-17(14)25/h5-7,14,21H,8-11,20H2,(H,22,24,25). The average molecular weight is 364 g/mol. The summed E-state index contributed by atoms with van der Waals surface area (Å²) < 4.78 is 0. The van der Waals surface area contributed by atoms with E-state index in [1.807, 2.05) is 0 Å². The molecule has 1 aromatic rings. The van der Waals surface area contributed by atoms with Crippen LogP contribution < -0.4 is 16.4 Å². The van der Waals surface area contributed by atoms with Crippen molar-refractivity contribution in [2.75, 3.05) is 18.4 Å². The third-order valence-corrected chi connectivity index (χ3v) is 4.18. The van der Waals surface area contributed by atoms with Crippen molar-refractivity contribution in [1.82, 2.24) is 10.2 Å². The molecule has 2 aliphatic rings. The van der Waals surface area contributed by atoms with Crippen LogP contribution in [0.2, 0.25) is 0 Å². The maximum Gasteiger partial charge on any atom is 0.264 e. The molecule has 0 spiro atoms. The van der Waals surface area contributed by atoms with Crippen molar-refractivity contribution in [3.63, 3.8) is 0 Å². The number of fused-ring (bicyclic) bond motifs is 1. The topological polar surface area (TPSA) is 122 Å². The van der Waals surface area contributed by atoms with Gasteiger partial charge in [0.1, 0.15) is 6.04 Å². The first-order chi connectivity index (χ1) is 13.0. The first-order valence-electron chi connectivity index (χ1n) is 8.29. The van der Waals surface area contributed by atoms with Gasteiger partial charge in [0.05, 0.1) is 24.2 Å². The van der Waals surface area contributed by atoms with Gasteiger partial charge in [0.25, 0.3) is 11.8 Å². The van der Waals surface area contributed by atoms with Gasteiger partial charge in [-0.25, -0.2) is 0 Å². The maximum absolute atomic E-state index is 12.9. The van der Waals surface area contributed by atoms with Gasteiger partial charge < -0.3 is 11.1 Å². The van der Waals surface area contributed by atoms with Crippen LogP contribution in [0.3, 0.4) is 0 Å². The predicted octanol–water partition coefficient (Wildman–Crippen LogP) is -0.535. The molecular weight excluding hydrogens is 348 g/mol. The summed E-state index contributed by atoms with van der Waals surface area (Å²) in [6, 6.07) is 3.84. The lowest BCUT2D eigenvalue weighted by molar-refractivity contribution is -0.136. The number of rotatable bonds is 3. The van der Waals surface area contributed by atoms with Gasteiger partial charge in [0.15, 0.2) is 0 Å². The van der Waals surface area contributed by atoms with Crippen LogP contribution in [-0.4, -0.2) is 47.7 Å². The van der Waals surface area contributed by atoms with Crippen molar-refractivity contribution in [2.45, 2.75) is 18.9 Å². The van der Waals surface area contributed by atoms with Crippen molar-refractivity contribution in [2.24, 2.45) is 5.73 Å². The first-order valence-corrected chi connectivity index (χ1v) is 8.29. The number of carbonyl (C=O) groups is 4. The van der Waals surface area contributed by atoms with E-state index in [9.17, 15) is 19.2 Å². The second kappa shape index (κ2) is 7.73. The molecule has 8 heteroatoms. The molecule has 1 unspecified atom stereocenters. The first kappa shape index (κ1) is 18.2. The fraction of sp³-hybridized carbons (Fsp3) is 0.263. The van der Waals surface area contributed by atoms with E-state index in [0.29, 0.717) is 5.69 Å². The Bertz CT molecular complexity index is 961. The summed E-state index contributed by atoms with van der Waals surface area (Å²) in [6.07, 6.45) is 0.193. The van der Waals surface area contributed by atoms with Crippen molar-refractivity contribution in [3.8, 4) is 23.7 Å². The Kier molecular flexibility index (Phi) is 5.20. The zero-order chi connectivity index (χ0) is 19.4. The predicted molar refractivity (Wildman–Crippen MR) is 96.2 cm³/mol. The molecule has 136 valence electrons. The molecule has 4 amide bonds. The minimum Gasteiger partial charge on any atom is -0.373 e. The highest BCUT2D eigenvalue weighted by atomic mass is 16.2. The summed E-state index contributed by atoms with van der Waals surface area (Å²) in [5.41, 5.74) is 6.09. The molecule has 0 aromatic heterocycles. The van der Waals surface area contributed by atoms with Gasteiger partial charge >= 0.3 is 0 Å². The average Bonchev–Trinajstić information content (AvgIpc) is 2.90. The monoisotopic (exact) mass is 364 g/mol.